The monoisotopic (exact) mass is 326 g/mol. The molecule has 0 N–H and O–H groups in total. The fourth-order valence-electron chi connectivity index (χ4n) is 3.10. The lowest BCUT2D eigenvalue weighted by Gasteiger charge is -2.08. The summed E-state index contributed by atoms with van der Waals surface area (Å²) >= 11 is 0. The summed E-state index contributed by atoms with van der Waals surface area (Å²) < 4.78 is 13.0. The van der Waals surface area contributed by atoms with Crippen molar-refractivity contribution < 1.29 is 9.18 Å². The lowest BCUT2D eigenvalue weighted by atomic mass is 9.96. The van der Waals surface area contributed by atoms with Gasteiger partial charge in [0, 0.05) is 5.56 Å². The van der Waals surface area contributed by atoms with E-state index in [1.54, 1.807) is 6.08 Å². The van der Waals surface area contributed by atoms with Gasteiger partial charge in [0.05, 0.1) is 0 Å². The van der Waals surface area contributed by atoms with Crippen LogP contribution in [0.3, 0.4) is 0 Å². The van der Waals surface area contributed by atoms with Crippen LogP contribution in [-0.4, -0.2) is 5.78 Å². The molecule has 1 nitrogen and oxygen atoms in total. The number of ketones is 1. The Morgan fingerprint density at radius 1 is 0.760 bits per heavy atom. The number of hydrogen-bond donors (Lipinski definition) is 0. The molecule has 0 bridgehead atoms. The summed E-state index contributed by atoms with van der Waals surface area (Å²) in [4.78, 5) is 12.4. The molecule has 0 aromatic heterocycles. The van der Waals surface area contributed by atoms with Crippen molar-refractivity contribution in [2.45, 2.75) is 0 Å². The van der Waals surface area contributed by atoms with E-state index in [0.29, 0.717) is 5.56 Å². The average Bonchev–Trinajstić information content (AvgIpc) is 2.65. The van der Waals surface area contributed by atoms with Gasteiger partial charge in [0.1, 0.15) is 5.82 Å². The molecule has 0 spiro atoms. The molecule has 0 amide bonds. The van der Waals surface area contributed by atoms with Crippen LogP contribution in [0, 0.1) is 5.82 Å². The van der Waals surface area contributed by atoms with E-state index in [1.165, 1.54) is 24.3 Å². The van der Waals surface area contributed by atoms with Crippen LogP contribution < -0.4 is 0 Å². The molecule has 0 saturated heterocycles. The van der Waals surface area contributed by atoms with Gasteiger partial charge in [0.2, 0.25) is 0 Å². The summed E-state index contributed by atoms with van der Waals surface area (Å²) in [6, 6.07) is 24.0. The number of carbonyl (C=O) groups excluding carboxylic acids is 1. The van der Waals surface area contributed by atoms with E-state index in [2.05, 4.69) is 30.3 Å². The molecule has 4 aromatic rings. The SMILES string of the molecule is O=C(/C=C/c1c2ccccc2cc2ccccc12)c1ccc(F)cc1. The van der Waals surface area contributed by atoms with Gasteiger partial charge in [-0.05, 0) is 69.6 Å². The van der Waals surface area contributed by atoms with Crippen LogP contribution in [0.4, 0.5) is 4.39 Å². The number of hydrogen-bond acceptors (Lipinski definition) is 1. The molecule has 25 heavy (non-hydrogen) atoms. The lowest BCUT2D eigenvalue weighted by molar-refractivity contribution is 0.104. The third-order valence-electron chi connectivity index (χ3n) is 4.34. The molecule has 0 fully saturated rings. The number of rotatable bonds is 3. The van der Waals surface area contributed by atoms with E-state index in [1.807, 2.05) is 30.3 Å². The van der Waals surface area contributed by atoms with Crippen molar-refractivity contribution in [2.24, 2.45) is 0 Å². The normalized spacial score (nSPS) is 11.4. The van der Waals surface area contributed by atoms with Gasteiger partial charge in [0.25, 0.3) is 0 Å². The Balaban J connectivity index is 1.84. The molecule has 4 rings (SSSR count). The number of benzene rings is 4. The van der Waals surface area contributed by atoms with E-state index >= 15 is 0 Å². The van der Waals surface area contributed by atoms with Gasteiger partial charge in [-0.25, -0.2) is 4.39 Å². The molecule has 0 radical (unpaired) electrons. The van der Waals surface area contributed by atoms with Gasteiger partial charge >= 0.3 is 0 Å². The Hall–Kier alpha value is -3.26. The third-order valence-corrected chi connectivity index (χ3v) is 4.34. The smallest absolute Gasteiger partial charge is 0.185 e. The molecule has 120 valence electrons. The number of halogens is 1. The molecule has 2 heteroatoms. The third kappa shape index (κ3) is 2.94. The second-order valence-corrected chi connectivity index (χ2v) is 5.94. The van der Waals surface area contributed by atoms with Crippen LogP contribution in [-0.2, 0) is 0 Å². The van der Waals surface area contributed by atoms with Gasteiger partial charge in [-0.2, -0.15) is 0 Å². The van der Waals surface area contributed by atoms with Crippen molar-refractivity contribution in [2.75, 3.05) is 0 Å². The number of allylic oxidation sites excluding steroid dienone is 1. The zero-order chi connectivity index (χ0) is 17.2. The van der Waals surface area contributed by atoms with E-state index in [9.17, 15) is 9.18 Å². The van der Waals surface area contributed by atoms with E-state index in [4.69, 9.17) is 0 Å². The second kappa shape index (κ2) is 6.33. The minimum absolute atomic E-state index is 0.142. The summed E-state index contributed by atoms with van der Waals surface area (Å²) in [5.41, 5.74) is 1.49. The summed E-state index contributed by atoms with van der Waals surface area (Å²) in [5, 5.41) is 4.47. The molecular formula is C23H15FO. The Bertz CT molecular complexity index is 1050. The second-order valence-electron chi connectivity index (χ2n) is 5.94. The van der Waals surface area contributed by atoms with Crippen molar-refractivity contribution in [1.82, 2.24) is 0 Å². The molecule has 0 heterocycles. The predicted molar refractivity (Wildman–Crippen MR) is 101 cm³/mol. The predicted octanol–water partition coefficient (Wildman–Crippen LogP) is 6.03. The molecule has 0 aliphatic rings. The van der Waals surface area contributed by atoms with Crippen LogP contribution in [0.15, 0.2) is 84.9 Å². The number of fused-ring (bicyclic) bond motifs is 2. The van der Waals surface area contributed by atoms with E-state index in [0.717, 1.165) is 27.1 Å². The molecular weight excluding hydrogens is 311 g/mol. The van der Waals surface area contributed by atoms with Gasteiger partial charge in [0.15, 0.2) is 5.78 Å². The van der Waals surface area contributed by atoms with E-state index < -0.39 is 0 Å². The molecule has 0 aliphatic heterocycles. The topological polar surface area (TPSA) is 17.1 Å². The zero-order valence-corrected chi connectivity index (χ0v) is 13.4. The minimum Gasteiger partial charge on any atom is -0.289 e. The summed E-state index contributed by atoms with van der Waals surface area (Å²) in [6.07, 6.45) is 3.41. The first-order chi connectivity index (χ1) is 12.2. The number of carbonyl (C=O) groups is 1. The quantitative estimate of drug-likeness (QED) is 0.255. The maximum Gasteiger partial charge on any atom is 0.185 e. The highest BCUT2D eigenvalue weighted by atomic mass is 19.1. The molecule has 4 aromatic carbocycles. The van der Waals surface area contributed by atoms with Crippen LogP contribution in [0.5, 0.6) is 0 Å². The van der Waals surface area contributed by atoms with Crippen molar-refractivity contribution >= 4 is 33.4 Å². The molecule has 0 unspecified atom stereocenters. The molecule has 0 aliphatic carbocycles. The highest BCUT2D eigenvalue weighted by Gasteiger charge is 2.06. The van der Waals surface area contributed by atoms with Crippen LogP contribution in [0.25, 0.3) is 27.6 Å². The van der Waals surface area contributed by atoms with Gasteiger partial charge in [-0.1, -0.05) is 48.5 Å². The lowest BCUT2D eigenvalue weighted by Crippen LogP contribution is -1.94. The fourth-order valence-corrected chi connectivity index (χ4v) is 3.10. The van der Waals surface area contributed by atoms with Crippen molar-refractivity contribution in [3.05, 3.63) is 102 Å². The minimum atomic E-state index is -0.347. The molecule has 0 saturated carbocycles. The highest BCUT2D eigenvalue weighted by Crippen LogP contribution is 2.29. The average molecular weight is 326 g/mol. The maximum absolute atomic E-state index is 13.0. The Labute approximate surface area is 145 Å². The van der Waals surface area contributed by atoms with Crippen LogP contribution in [0.2, 0.25) is 0 Å². The summed E-state index contributed by atoms with van der Waals surface area (Å²) in [7, 11) is 0. The van der Waals surface area contributed by atoms with Gasteiger partial charge in [-0.3, -0.25) is 4.79 Å². The van der Waals surface area contributed by atoms with Crippen molar-refractivity contribution in [1.29, 1.82) is 0 Å². The largest absolute Gasteiger partial charge is 0.289 e. The first-order valence-corrected chi connectivity index (χ1v) is 8.11. The van der Waals surface area contributed by atoms with Crippen LogP contribution >= 0.6 is 0 Å². The highest BCUT2D eigenvalue weighted by molar-refractivity contribution is 6.11. The Morgan fingerprint density at radius 2 is 1.32 bits per heavy atom. The summed E-state index contributed by atoms with van der Waals surface area (Å²) in [5.74, 6) is -0.488. The van der Waals surface area contributed by atoms with Crippen molar-refractivity contribution in [3.63, 3.8) is 0 Å². The maximum atomic E-state index is 13.0. The fraction of sp³-hybridized carbons (Fsp3) is 0. The Kier molecular flexibility index (Phi) is 3.87. The summed E-state index contributed by atoms with van der Waals surface area (Å²) in [6.45, 7) is 0. The zero-order valence-electron chi connectivity index (χ0n) is 13.4. The van der Waals surface area contributed by atoms with Crippen molar-refractivity contribution in [3.8, 4) is 0 Å². The van der Waals surface area contributed by atoms with Gasteiger partial charge < -0.3 is 0 Å². The Morgan fingerprint density at radius 3 is 1.92 bits per heavy atom. The van der Waals surface area contributed by atoms with Crippen LogP contribution in [0.1, 0.15) is 15.9 Å². The van der Waals surface area contributed by atoms with Gasteiger partial charge in [-0.15, -0.1) is 0 Å². The van der Waals surface area contributed by atoms with E-state index in [-0.39, 0.29) is 11.6 Å². The first-order valence-electron chi connectivity index (χ1n) is 8.11. The standard InChI is InChI=1S/C23H15FO/c24-19-11-9-16(10-12-19)23(25)14-13-22-20-7-3-1-5-17(20)15-18-6-2-4-8-21(18)22/h1-15H/b14-13+. The first kappa shape index (κ1) is 15.3. The molecule has 0 atom stereocenters.